The van der Waals surface area contributed by atoms with Crippen LogP contribution in [-0.4, -0.2) is 41.8 Å². The van der Waals surface area contributed by atoms with Crippen LogP contribution in [0.4, 0.5) is 13.2 Å². The molecule has 0 aliphatic carbocycles. The fourth-order valence-corrected chi connectivity index (χ4v) is 2.35. The van der Waals surface area contributed by atoms with Gasteiger partial charge in [0.15, 0.2) is 6.61 Å². The Morgan fingerprint density at radius 3 is 2.64 bits per heavy atom. The highest BCUT2D eigenvalue weighted by Gasteiger charge is 2.30. The minimum absolute atomic E-state index is 0. The minimum Gasteiger partial charge on any atom is -0.484 e. The molecule has 0 saturated carbocycles. The predicted octanol–water partition coefficient (Wildman–Crippen LogP) is 2.96. The summed E-state index contributed by atoms with van der Waals surface area (Å²) in [7, 11) is 0. The van der Waals surface area contributed by atoms with E-state index in [4.69, 9.17) is 9.84 Å². The van der Waals surface area contributed by atoms with Gasteiger partial charge in [0.1, 0.15) is 5.75 Å². The van der Waals surface area contributed by atoms with Gasteiger partial charge >= 0.3 is 12.1 Å². The van der Waals surface area contributed by atoms with Crippen LogP contribution in [0, 0.1) is 5.92 Å². The minimum atomic E-state index is -4.38. The summed E-state index contributed by atoms with van der Waals surface area (Å²) in [5.41, 5.74) is 0.632. The van der Waals surface area contributed by atoms with Gasteiger partial charge in [-0.2, -0.15) is 13.2 Å². The summed E-state index contributed by atoms with van der Waals surface area (Å²) < 4.78 is 41.5. The molecule has 22 heavy (non-hydrogen) atoms. The molecule has 1 aliphatic heterocycles. The molecule has 0 aromatic heterocycles. The highest BCUT2D eigenvalue weighted by molar-refractivity contribution is 5.85. The number of carboxylic acids is 1. The molecule has 4 nitrogen and oxygen atoms in total. The molecule has 1 aliphatic rings. The smallest absolute Gasteiger partial charge is 0.422 e. The molecule has 1 N–H and O–H groups in total. The zero-order chi connectivity index (χ0) is 15.5. The fourth-order valence-electron chi connectivity index (χ4n) is 2.35. The molecule has 1 unspecified atom stereocenters. The van der Waals surface area contributed by atoms with Crippen LogP contribution in [0.3, 0.4) is 0 Å². The number of rotatable bonds is 5. The van der Waals surface area contributed by atoms with E-state index in [0.29, 0.717) is 31.6 Å². The van der Waals surface area contributed by atoms with E-state index >= 15 is 0 Å². The maximum atomic E-state index is 12.2. The first-order valence-corrected chi connectivity index (χ1v) is 6.58. The van der Waals surface area contributed by atoms with Gasteiger partial charge < -0.3 is 9.84 Å². The van der Waals surface area contributed by atoms with Gasteiger partial charge in [-0.25, -0.2) is 0 Å². The number of halogens is 4. The Kier molecular flexibility index (Phi) is 6.49. The number of hydrogen-bond donors (Lipinski definition) is 1. The molecule has 0 bridgehead atoms. The lowest BCUT2D eigenvalue weighted by Crippen LogP contribution is -2.24. The summed E-state index contributed by atoms with van der Waals surface area (Å²) in [5, 5.41) is 8.95. The van der Waals surface area contributed by atoms with Gasteiger partial charge in [0.25, 0.3) is 0 Å². The van der Waals surface area contributed by atoms with Gasteiger partial charge in [-0.1, -0.05) is 18.2 Å². The summed E-state index contributed by atoms with van der Waals surface area (Å²) in [5.74, 6) is -1.05. The lowest BCUT2D eigenvalue weighted by molar-refractivity contribution is -0.153. The number of aliphatic carboxylic acids is 1. The molecule has 1 saturated heterocycles. The summed E-state index contributed by atoms with van der Waals surface area (Å²) in [6.07, 6.45) is -3.82. The van der Waals surface area contributed by atoms with Gasteiger partial charge in [0.2, 0.25) is 0 Å². The molecule has 0 spiro atoms. The van der Waals surface area contributed by atoms with Gasteiger partial charge in [0, 0.05) is 18.7 Å². The number of hydrogen-bond acceptors (Lipinski definition) is 3. The number of carbonyl (C=O) groups is 1. The molecule has 1 fully saturated rings. The van der Waals surface area contributed by atoms with Gasteiger partial charge in [-0.3, -0.25) is 9.69 Å². The Morgan fingerprint density at radius 2 is 2.05 bits per heavy atom. The average Bonchev–Trinajstić information content (AvgIpc) is 2.85. The zero-order valence-electron chi connectivity index (χ0n) is 11.7. The first kappa shape index (κ1) is 18.6. The molecule has 0 radical (unpaired) electrons. The Morgan fingerprint density at radius 1 is 1.36 bits per heavy atom. The Hall–Kier alpha value is -1.47. The van der Waals surface area contributed by atoms with E-state index in [2.05, 4.69) is 0 Å². The van der Waals surface area contributed by atoms with E-state index in [1.54, 1.807) is 18.2 Å². The van der Waals surface area contributed by atoms with Crippen molar-refractivity contribution < 1.29 is 27.8 Å². The third-order valence-electron chi connectivity index (χ3n) is 3.38. The van der Waals surface area contributed by atoms with E-state index in [-0.39, 0.29) is 18.2 Å². The van der Waals surface area contributed by atoms with Crippen molar-refractivity contribution in [2.24, 2.45) is 5.92 Å². The van der Waals surface area contributed by atoms with Crippen molar-refractivity contribution in [1.82, 2.24) is 4.90 Å². The Labute approximate surface area is 132 Å². The fraction of sp³-hybridized carbons (Fsp3) is 0.500. The molecule has 8 heteroatoms. The molecule has 2 rings (SSSR count). The van der Waals surface area contributed by atoms with Crippen molar-refractivity contribution >= 4 is 18.4 Å². The van der Waals surface area contributed by atoms with Crippen LogP contribution in [0.1, 0.15) is 12.0 Å². The number of carboxylic acid groups (broad SMARTS) is 1. The lowest BCUT2D eigenvalue weighted by Gasteiger charge is -2.18. The molecule has 1 heterocycles. The number of benzene rings is 1. The number of likely N-dealkylation sites (tertiary alicyclic amines) is 1. The van der Waals surface area contributed by atoms with Crippen LogP contribution < -0.4 is 4.74 Å². The monoisotopic (exact) mass is 339 g/mol. The van der Waals surface area contributed by atoms with Gasteiger partial charge in [-0.15, -0.1) is 12.4 Å². The second-order valence-corrected chi connectivity index (χ2v) is 5.07. The van der Waals surface area contributed by atoms with Crippen molar-refractivity contribution in [3.63, 3.8) is 0 Å². The first-order valence-electron chi connectivity index (χ1n) is 6.58. The average molecular weight is 340 g/mol. The third-order valence-corrected chi connectivity index (χ3v) is 3.38. The van der Waals surface area contributed by atoms with E-state index in [0.717, 1.165) is 0 Å². The highest BCUT2D eigenvalue weighted by atomic mass is 35.5. The first-order chi connectivity index (χ1) is 9.85. The normalized spacial score (nSPS) is 18.8. The quantitative estimate of drug-likeness (QED) is 0.896. The van der Waals surface area contributed by atoms with Gasteiger partial charge in [0.05, 0.1) is 5.92 Å². The molecule has 1 atom stereocenters. The van der Waals surface area contributed by atoms with Crippen LogP contribution in [0.5, 0.6) is 5.75 Å². The van der Waals surface area contributed by atoms with E-state index in [1.165, 1.54) is 6.07 Å². The number of para-hydroxylation sites is 1. The van der Waals surface area contributed by atoms with Crippen LogP contribution >= 0.6 is 12.4 Å². The molecule has 0 amide bonds. The molecular formula is C14H17ClF3NO3. The van der Waals surface area contributed by atoms with Crippen molar-refractivity contribution in [3.8, 4) is 5.75 Å². The molecule has 1 aromatic rings. The lowest BCUT2D eigenvalue weighted by atomic mass is 10.1. The second kappa shape index (κ2) is 7.69. The van der Waals surface area contributed by atoms with Crippen LogP contribution in [-0.2, 0) is 11.3 Å². The van der Waals surface area contributed by atoms with Crippen molar-refractivity contribution in [2.45, 2.75) is 19.1 Å². The third kappa shape index (κ3) is 5.38. The number of alkyl halides is 3. The maximum Gasteiger partial charge on any atom is 0.422 e. The van der Waals surface area contributed by atoms with Crippen molar-refractivity contribution in [2.75, 3.05) is 19.7 Å². The molecule has 124 valence electrons. The predicted molar refractivity (Wildman–Crippen MR) is 76.3 cm³/mol. The summed E-state index contributed by atoms with van der Waals surface area (Å²) >= 11 is 0. The van der Waals surface area contributed by atoms with Crippen molar-refractivity contribution in [1.29, 1.82) is 0 Å². The second-order valence-electron chi connectivity index (χ2n) is 5.07. The summed E-state index contributed by atoms with van der Waals surface area (Å²) in [4.78, 5) is 12.8. The standard InChI is InChI=1S/C14H16F3NO3.ClH/c15-14(16,17)9-21-12-4-2-1-3-10(12)7-18-6-5-11(8-18)13(19)20;/h1-4,11H,5-9H2,(H,19,20);1H. The molecular weight excluding hydrogens is 323 g/mol. The van der Waals surface area contributed by atoms with Crippen LogP contribution in [0.15, 0.2) is 24.3 Å². The Bertz CT molecular complexity index is 510. The zero-order valence-corrected chi connectivity index (χ0v) is 12.5. The highest BCUT2D eigenvalue weighted by Crippen LogP contribution is 2.25. The SMILES string of the molecule is Cl.O=C(O)C1CCN(Cc2ccccc2OCC(F)(F)F)C1. The summed E-state index contributed by atoms with van der Waals surface area (Å²) in [6.45, 7) is 0.0765. The van der Waals surface area contributed by atoms with Crippen molar-refractivity contribution in [3.05, 3.63) is 29.8 Å². The van der Waals surface area contributed by atoms with E-state index in [1.807, 2.05) is 4.90 Å². The number of nitrogens with zero attached hydrogens (tertiary/aromatic N) is 1. The van der Waals surface area contributed by atoms with E-state index in [9.17, 15) is 18.0 Å². The largest absolute Gasteiger partial charge is 0.484 e. The summed E-state index contributed by atoms with van der Waals surface area (Å²) in [6, 6.07) is 6.52. The van der Waals surface area contributed by atoms with Crippen LogP contribution in [0.25, 0.3) is 0 Å². The van der Waals surface area contributed by atoms with Gasteiger partial charge in [-0.05, 0) is 19.0 Å². The Balaban J connectivity index is 0.00000242. The molecule has 1 aromatic carbocycles. The number of ether oxygens (including phenoxy) is 1. The maximum absolute atomic E-state index is 12.2. The van der Waals surface area contributed by atoms with E-state index < -0.39 is 24.7 Å². The van der Waals surface area contributed by atoms with Crippen LogP contribution in [0.2, 0.25) is 0 Å². The topological polar surface area (TPSA) is 49.8 Å².